The maximum atomic E-state index is 9.51. The van der Waals surface area contributed by atoms with Gasteiger partial charge in [-0.05, 0) is 0 Å². The zero-order valence-corrected chi connectivity index (χ0v) is 5.65. The minimum absolute atomic E-state index is 0.346. The van der Waals surface area contributed by atoms with Crippen LogP contribution in [0.2, 0.25) is 0 Å². The van der Waals surface area contributed by atoms with Crippen LogP contribution in [0.3, 0.4) is 0 Å². The molecule has 40 valence electrons. The Hall–Kier alpha value is 0.130. The Morgan fingerprint density at radius 1 is 1.00 bits per heavy atom. The summed E-state index contributed by atoms with van der Waals surface area (Å²) in [5, 5.41) is 0. The highest BCUT2D eigenvalue weighted by Crippen LogP contribution is 1.79. The predicted molar refractivity (Wildman–Crippen MR) is 36.0 cm³/mol. The van der Waals surface area contributed by atoms with Crippen LogP contribution in [0.1, 0.15) is 0 Å². The van der Waals surface area contributed by atoms with Crippen molar-refractivity contribution in [3.8, 4) is 0 Å². The van der Waals surface area contributed by atoms with Crippen molar-refractivity contribution < 1.29 is 8.42 Å². The SMILES string of the molecule is O=S=CSC=S=O. The van der Waals surface area contributed by atoms with Crippen LogP contribution in [-0.4, -0.2) is 17.8 Å². The van der Waals surface area contributed by atoms with Gasteiger partial charge < -0.3 is 0 Å². The molecule has 5 heteroatoms. The second kappa shape index (κ2) is 6.13. The van der Waals surface area contributed by atoms with Crippen LogP contribution in [-0.2, 0) is 22.5 Å². The highest BCUT2D eigenvalue weighted by molar-refractivity contribution is 8.32. The van der Waals surface area contributed by atoms with E-state index in [-0.39, 0.29) is 0 Å². The van der Waals surface area contributed by atoms with Crippen molar-refractivity contribution in [3.63, 3.8) is 0 Å². The normalized spacial score (nSPS) is 6.86. The first-order valence-corrected chi connectivity index (χ1v) is 3.83. The lowest BCUT2D eigenvalue weighted by molar-refractivity contribution is 0.700. The molecular formula is C2H2O2S3. The standard InChI is InChI=1S/C2H2O2S3/c3-6-1-5-2-7-4/h1-2H. The lowest BCUT2D eigenvalue weighted by Crippen LogP contribution is -1.59. The van der Waals surface area contributed by atoms with E-state index < -0.39 is 0 Å². The highest BCUT2D eigenvalue weighted by atomic mass is 32.2. The fraction of sp³-hybridized carbons (Fsp3) is 0. The van der Waals surface area contributed by atoms with Crippen LogP contribution in [0.15, 0.2) is 0 Å². The molecule has 0 rings (SSSR count). The zero-order chi connectivity index (χ0) is 5.54. The summed E-state index contributed by atoms with van der Waals surface area (Å²) in [5.41, 5.74) is 0. The fourth-order valence-corrected chi connectivity index (χ4v) is 1.02. The van der Waals surface area contributed by atoms with E-state index in [1.165, 1.54) is 9.40 Å². The summed E-state index contributed by atoms with van der Waals surface area (Å²) in [6.45, 7) is 0. The van der Waals surface area contributed by atoms with Crippen LogP contribution >= 0.6 is 11.8 Å². The predicted octanol–water partition coefficient (Wildman–Crippen LogP) is -0.335. The Kier molecular flexibility index (Phi) is 6.24. The number of hydrogen-bond donors (Lipinski definition) is 0. The molecule has 0 radical (unpaired) electrons. The van der Waals surface area contributed by atoms with Crippen LogP contribution in [0.5, 0.6) is 0 Å². The van der Waals surface area contributed by atoms with Gasteiger partial charge in [-0.25, -0.2) is 8.42 Å². The van der Waals surface area contributed by atoms with Crippen LogP contribution in [0.25, 0.3) is 0 Å². The van der Waals surface area contributed by atoms with Gasteiger partial charge in [0.2, 0.25) is 0 Å². The maximum absolute atomic E-state index is 9.51. The molecule has 0 fully saturated rings. The summed E-state index contributed by atoms with van der Waals surface area (Å²) in [4.78, 5) is 0. The molecule has 7 heavy (non-hydrogen) atoms. The van der Waals surface area contributed by atoms with Gasteiger partial charge in [-0.1, -0.05) is 11.8 Å². The highest BCUT2D eigenvalue weighted by Gasteiger charge is 1.64. The average Bonchev–Trinajstić information content (AvgIpc) is 1.69. The van der Waals surface area contributed by atoms with Gasteiger partial charge in [-0.3, -0.25) is 0 Å². The van der Waals surface area contributed by atoms with Gasteiger partial charge in [0.15, 0.2) is 0 Å². The van der Waals surface area contributed by atoms with Crippen molar-refractivity contribution in [1.29, 1.82) is 0 Å². The molecule has 0 saturated carbocycles. The van der Waals surface area contributed by atoms with Crippen molar-refractivity contribution >= 4 is 43.7 Å². The Balaban J connectivity index is 3.33. The lowest BCUT2D eigenvalue weighted by atomic mass is 11.9. The number of rotatable bonds is 2. The molecule has 0 spiro atoms. The second-order valence-electron chi connectivity index (χ2n) is 0.521. The molecule has 0 unspecified atom stereocenters. The monoisotopic (exact) mass is 154 g/mol. The largest absolute Gasteiger partial charge is 0.212 e. The van der Waals surface area contributed by atoms with Crippen molar-refractivity contribution in [2.45, 2.75) is 0 Å². The van der Waals surface area contributed by atoms with E-state index in [9.17, 15) is 8.42 Å². The summed E-state index contributed by atoms with van der Waals surface area (Å²) in [5.74, 6) is 0. The third-order valence-electron chi connectivity index (χ3n) is 0.190. The van der Waals surface area contributed by atoms with Gasteiger partial charge in [0.1, 0.15) is 0 Å². The van der Waals surface area contributed by atoms with Gasteiger partial charge in [0, 0.05) is 0 Å². The molecule has 0 bridgehead atoms. The molecule has 0 aliphatic heterocycles. The summed E-state index contributed by atoms with van der Waals surface area (Å²) in [7, 11) is 0. The Morgan fingerprint density at radius 3 is 1.71 bits per heavy atom. The molecule has 0 atom stereocenters. The third kappa shape index (κ3) is 6.13. The molecule has 0 aliphatic carbocycles. The molecule has 2 nitrogen and oxygen atoms in total. The Bertz CT molecular complexity index is 114. The average molecular weight is 154 g/mol. The molecule has 0 aliphatic rings. The van der Waals surface area contributed by atoms with Gasteiger partial charge in [-0.15, -0.1) is 0 Å². The van der Waals surface area contributed by atoms with Crippen LogP contribution in [0, 0.1) is 0 Å². The molecule has 0 aromatic carbocycles. The smallest absolute Gasteiger partial charge is 0.0958 e. The van der Waals surface area contributed by atoms with Crippen LogP contribution < -0.4 is 0 Å². The molecule has 0 aromatic rings. The maximum Gasteiger partial charge on any atom is 0.0958 e. The molecule has 0 amide bonds. The van der Waals surface area contributed by atoms with Gasteiger partial charge in [0.25, 0.3) is 0 Å². The Morgan fingerprint density at radius 2 is 1.43 bits per heavy atom. The van der Waals surface area contributed by atoms with E-state index in [2.05, 4.69) is 0 Å². The van der Waals surface area contributed by atoms with Crippen molar-refractivity contribution in [2.24, 2.45) is 0 Å². The Labute approximate surface area is 52.4 Å². The van der Waals surface area contributed by atoms with Gasteiger partial charge >= 0.3 is 0 Å². The van der Waals surface area contributed by atoms with E-state index in [0.717, 1.165) is 11.8 Å². The minimum atomic E-state index is 0.346. The molecule has 0 saturated heterocycles. The van der Waals surface area contributed by atoms with E-state index in [4.69, 9.17) is 0 Å². The van der Waals surface area contributed by atoms with E-state index in [1.807, 2.05) is 0 Å². The summed E-state index contributed by atoms with van der Waals surface area (Å²) in [6.07, 6.45) is 0. The van der Waals surface area contributed by atoms with E-state index in [0.29, 0.717) is 22.5 Å². The number of thioether (sulfide) groups is 1. The topological polar surface area (TPSA) is 34.1 Å². The summed E-state index contributed by atoms with van der Waals surface area (Å²) < 4.78 is 21.7. The van der Waals surface area contributed by atoms with E-state index >= 15 is 0 Å². The third-order valence-corrected chi connectivity index (χ3v) is 1.71. The minimum Gasteiger partial charge on any atom is -0.212 e. The van der Waals surface area contributed by atoms with Gasteiger partial charge in [0.05, 0.1) is 31.9 Å². The first-order valence-electron chi connectivity index (χ1n) is 1.28. The summed E-state index contributed by atoms with van der Waals surface area (Å²) >= 11 is 1.80. The van der Waals surface area contributed by atoms with Crippen molar-refractivity contribution in [1.82, 2.24) is 0 Å². The second-order valence-corrected chi connectivity index (χ2v) is 2.72. The van der Waals surface area contributed by atoms with Crippen LogP contribution in [0.4, 0.5) is 0 Å². The number of hydrogen-bond acceptors (Lipinski definition) is 3. The molecule has 0 N–H and O–H groups in total. The van der Waals surface area contributed by atoms with Crippen molar-refractivity contribution in [2.75, 3.05) is 0 Å². The summed E-state index contributed by atoms with van der Waals surface area (Å²) in [6, 6.07) is 0. The quantitative estimate of drug-likeness (QED) is 0.510. The zero-order valence-electron chi connectivity index (χ0n) is 3.20. The molecular weight excluding hydrogens is 152 g/mol. The van der Waals surface area contributed by atoms with Crippen molar-refractivity contribution in [3.05, 3.63) is 0 Å². The first-order chi connectivity index (χ1) is 3.41. The van der Waals surface area contributed by atoms with E-state index in [1.54, 1.807) is 0 Å². The first kappa shape index (κ1) is 7.13. The fourth-order valence-electron chi connectivity index (χ4n) is 0.0680. The molecule has 0 heterocycles. The van der Waals surface area contributed by atoms with Gasteiger partial charge in [-0.2, -0.15) is 0 Å². The molecule has 0 aromatic heterocycles. The lowest BCUT2D eigenvalue weighted by Gasteiger charge is -1.61.